The van der Waals surface area contributed by atoms with E-state index in [1.54, 1.807) is 4.68 Å². The molecule has 132 valence electrons. The minimum Gasteiger partial charge on any atom is -0.459 e. The number of anilines is 1. The maximum Gasteiger partial charge on any atom is 0.263 e. The summed E-state index contributed by atoms with van der Waals surface area (Å²) >= 11 is 0. The average molecular weight is 357 g/mol. The van der Waals surface area contributed by atoms with Gasteiger partial charge in [-0.1, -0.05) is 36.4 Å². The van der Waals surface area contributed by atoms with Gasteiger partial charge in [0.15, 0.2) is 5.65 Å². The fourth-order valence-corrected chi connectivity index (χ4v) is 3.06. The van der Waals surface area contributed by atoms with Crippen molar-refractivity contribution in [3.05, 3.63) is 83.0 Å². The molecule has 5 aromatic rings. The highest BCUT2D eigenvalue weighted by Crippen LogP contribution is 2.20. The van der Waals surface area contributed by atoms with Crippen LogP contribution in [0.2, 0.25) is 0 Å². The Morgan fingerprint density at radius 2 is 1.89 bits per heavy atom. The first-order chi connectivity index (χ1) is 13.3. The van der Waals surface area contributed by atoms with Gasteiger partial charge in [-0.3, -0.25) is 9.78 Å². The van der Waals surface area contributed by atoms with E-state index in [1.165, 1.54) is 6.20 Å². The number of nitrogens with zero attached hydrogens (tertiary/aromatic N) is 3. The van der Waals surface area contributed by atoms with E-state index in [4.69, 9.17) is 4.42 Å². The topological polar surface area (TPSA) is 88.7 Å². The molecule has 0 atom stereocenters. The smallest absolute Gasteiger partial charge is 0.263 e. The van der Waals surface area contributed by atoms with Crippen molar-refractivity contribution in [2.24, 2.45) is 0 Å². The Hall–Kier alpha value is -3.87. The Morgan fingerprint density at radius 3 is 2.74 bits per heavy atom. The quantitative estimate of drug-likeness (QED) is 0.514. The fraction of sp³-hybridized carbons (Fsp3) is 0.0500. The van der Waals surface area contributed by atoms with Gasteiger partial charge < -0.3 is 9.73 Å². The van der Waals surface area contributed by atoms with E-state index in [0.29, 0.717) is 23.5 Å². The molecule has 3 aromatic heterocycles. The van der Waals surface area contributed by atoms with Crippen LogP contribution in [-0.4, -0.2) is 19.7 Å². The summed E-state index contributed by atoms with van der Waals surface area (Å²) in [5, 5.41) is 8.90. The summed E-state index contributed by atoms with van der Waals surface area (Å²) < 4.78 is 7.44. The third-order valence-corrected chi connectivity index (χ3v) is 4.35. The third kappa shape index (κ3) is 2.75. The van der Waals surface area contributed by atoms with Gasteiger partial charge in [-0.05, 0) is 24.3 Å². The Balaban J connectivity index is 1.49. The Morgan fingerprint density at radius 1 is 1.07 bits per heavy atom. The summed E-state index contributed by atoms with van der Waals surface area (Å²) in [5.74, 6) is 1.13. The van der Waals surface area contributed by atoms with Gasteiger partial charge in [-0.25, -0.2) is 4.68 Å². The van der Waals surface area contributed by atoms with Crippen molar-refractivity contribution in [3.63, 3.8) is 0 Å². The molecule has 0 fully saturated rings. The van der Waals surface area contributed by atoms with Crippen LogP contribution in [0.4, 0.5) is 5.95 Å². The molecule has 0 saturated carbocycles. The van der Waals surface area contributed by atoms with Crippen molar-refractivity contribution in [2.45, 2.75) is 6.54 Å². The summed E-state index contributed by atoms with van der Waals surface area (Å²) in [7, 11) is 0. The highest BCUT2D eigenvalue weighted by atomic mass is 16.3. The van der Waals surface area contributed by atoms with Crippen molar-refractivity contribution in [1.82, 2.24) is 19.7 Å². The van der Waals surface area contributed by atoms with E-state index in [-0.39, 0.29) is 5.56 Å². The molecule has 0 spiro atoms. The lowest BCUT2D eigenvalue weighted by Gasteiger charge is -2.05. The Kier molecular flexibility index (Phi) is 3.50. The van der Waals surface area contributed by atoms with Crippen molar-refractivity contribution in [1.29, 1.82) is 0 Å². The maximum absolute atomic E-state index is 12.4. The van der Waals surface area contributed by atoms with E-state index in [9.17, 15) is 4.79 Å². The second kappa shape index (κ2) is 6.14. The SMILES string of the molecule is O=c1[nH]c(NCc2cc3ccccc3o2)nc2c1cnn2-c1ccccc1. The number of H-pyrrole nitrogens is 1. The molecule has 0 amide bonds. The number of nitrogens with one attached hydrogen (secondary N) is 2. The predicted molar refractivity (Wildman–Crippen MR) is 103 cm³/mol. The van der Waals surface area contributed by atoms with Crippen molar-refractivity contribution < 1.29 is 4.42 Å². The predicted octanol–water partition coefficient (Wildman–Crippen LogP) is 3.47. The van der Waals surface area contributed by atoms with Gasteiger partial charge in [0, 0.05) is 5.39 Å². The van der Waals surface area contributed by atoms with Crippen LogP contribution in [0.3, 0.4) is 0 Å². The molecule has 0 aliphatic carbocycles. The zero-order chi connectivity index (χ0) is 18.2. The number of aromatic amines is 1. The van der Waals surface area contributed by atoms with Crippen LogP contribution in [0.25, 0.3) is 27.7 Å². The van der Waals surface area contributed by atoms with E-state index in [2.05, 4.69) is 20.4 Å². The molecule has 0 saturated heterocycles. The lowest BCUT2D eigenvalue weighted by atomic mass is 10.2. The molecule has 2 N–H and O–H groups in total. The molecule has 0 unspecified atom stereocenters. The number of benzene rings is 2. The van der Waals surface area contributed by atoms with Crippen molar-refractivity contribution >= 4 is 28.0 Å². The summed E-state index contributed by atoms with van der Waals surface area (Å²) in [6, 6.07) is 19.4. The van der Waals surface area contributed by atoms with Crippen LogP contribution in [0.15, 0.2) is 76.1 Å². The van der Waals surface area contributed by atoms with Gasteiger partial charge in [0.1, 0.15) is 16.7 Å². The van der Waals surface area contributed by atoms with Crippen LogP contribution >= 0.6 is 0 Å². The van der Waals surface area contributed by atoms with E-state index < -0.39 is 0 Å². The lowest BCUT2D eigenvalue weighted by Crippen LogP contribution is -2.13. The van der Waals surface area contributed by atoms with Crippen LogP contribution in [0, 0.1) is 0 Å². The van der Waals surface area contributed by atoms with Crippen LogP contribution in [0.5, 0.6) is 0 Å². The van der Waals surface area contributed by atoms with Gasteiger partial charge in [-0.2, -0.15) is 10.1 Å². The number of fused-ring (bicyclic) bond motifs is 2. The van der Waals surface area contributed by atoms with Crippen LogP contribution in [-0.2, 0) is 6.54 Å². The molecule has 0 radical (unpaired) electrons. The van der Waals surface area contributed by atoms with E-state index in [1.807, 2.05) is 60.7 Å². The number of furan rings is 1. The Labute approximate surface area is 153 Å². The maximum atomic E-state index is 12.4. The van der Waals surface area contributed by atoms with Gasteiger partial charge in [0.05, 0.1) is 18.4 Å². The first kappa shape index (κ1) is 15.4. The highest BCUT2D eigenvalue weighted by Gasteiger charge is 2.12. The highest BCUT2D eigenvalue weighted by molar-refractivity contribution is 5.78. The van der Waals surface area contributed by atoms with Crippen molar-refractivity contribution in [2.75, 3.05) is 5.32 Å². The third-order valence-electron chi connectivity index (χ3n) is 4.35. The largest absolute Gasteiger partial charge is 0.459 e. The number of rotatable bonds is 4. The van der Waals surface area contributed by atoms with Crippen LogP contribution in [0.1, 0.15) is 5.76 Å². The second-order valence-corrected chi connectivity index (χ2v) is 6.15. The van der Waals surface area contributed by atoms with Gasteiger partial charge in [-0.15, -0.1) is 0 Å². The Bertz CT molecular complexity index is 1270. The van der Waals surface area contributed by atoms with Gasteiger partial charge >= 0.3 is 0 Å². The normalized spacial score (nSPS) is 11.3. The average Bonchev–Trinajstić information content (AvgIpc) is 3.31. The van der Waals surface area contributed by atoms with Gasteiger partial charge in [0.2, 0.25) is 5.95 Å². The second-order valence-electron chi connectivity index (χ2n) is 6.15. The van der Waals surface area contributed by atoms with E-state index in [0.717, 1.165) is 22.4 Å². The van der Waals surface area contributed by atoms with Gasteiger partial charge in [0.25, 0.3) is 5.56 Å². The first-order valence-electron chi connectivity index (χ1n) is 8.53. The minimum atomic E-state index is -0.241. The molecule has 0 bridgehead atoms. The molecule has 27 heavy (non-hydrogen) atoms. The van der Waals surface area contributed by atoms with Crippen LogP contribution < -0.4 is 10.9 Å². The minimum absolute atomic E-state index is 0.241. The molecular weight excluding hydrogens is 342 g/mol. The molecule has 7 heteroatoms. The summed E-state index contributed by atoms with van der Waals surface area (Å²) in [6.07, 6.45) is 1.52. The molecule has 7 nitrogen and oxygen atoms in total. The molecule has 3 heterocycles. The number of aromatic nitrogens is 4. The molecular formula is C20H15N5O2. The molecule has 0 aliphatic heterocycles. The number of hydrogen-bond donors (Lipinski definition) is 2. The number of hydrogen-bond acceptors (Lipinski definition) is 5. The van der Waals surface area contributed by atoms with E-state index >= 15 is 0 Å². The summed E-state index contributed by atoms with van der Waals surface area (Å²) in [5.41, 5.74) is 1.92. The molecule has 5 rings (SSSR count). The summed E-state index contributed by atoms with van der Waals surface area (Å²) in [6.45, 7) is 0.405. The molecule has 2 aromatic carbocycles. The fourth-order valence-electron chi connectivity index (χ4n) is 3.06. The zero-order valence-electron chi connectivity index (χ0n) is 14.2. The first-order valence-corrected chi connectivity index (χ1v) is 8.53. The monoisotopic (exact) mass is 357 g/mol. The van der Waals surface area contributed by atoms with Crippen molar-refractivity contribution in [3.8, 4) is 5.69 Å². The standard InChI is InChI=1S/C20H15N5O2/c26-19-16-12-22-25(14-7-2-1-3-8-14)18(16)23-20(24-19)21-11-15-10-13-6-4-5-9-17(13)27-15/h1-10,12H,11H2,(H2,21,23,24,26). The number of para-hydroxylation sites is 2. The lowest BCUT2D eigenvalue weighted by molar-refractivity contribution is 0.558. The summed E-state index contributed by atoms with van der Waals surface area (Å²) in [4.78, 5) is 19.7. The molecule has 0 aliphatic rings. The zero-order valence-corrected chi connectivity index (χ0v) is 14.2.